The molecule has 0 radical (unpaired) electrons. The van der Waals surface area contributed by atoms with Crippen molar-refractivity contribution in [3.05, 3.63) is 60.8 Å². The van der Waals surface area contributed by atoms with Crippen molar-refractivity contribution >= 4 is 45.3 Å². The van der Waals surface area contributed by atoms with E-state index >= 15 is 0 Å². The van der Waals surface area contributed by atoms with Crippen LogP contribution >= 0.6 is 12.2 Å². The van der Waals surface area contributed by atoms with Crippen LogP contribution in [0.15, 0.2) is 60.8 Å². The van der Waals surface area contributed by atoms with Crippen LogP contribution in [0.1, 0.15) is 12.8 Å². The molecule has 1 unspecified atom stereocenters. The number of benzene rings is 2. The zero-order valence-corrected chi connectivity index (χ0v) is 15.8. The fourth-order valence-corrected chi connectivity index (χ4v) is 3.35. The second kappa shape index (κ2) is 8.33. The van der Waals surface area contributed by atoms with Gasteiger partial charge in [-0.3, -0.25) is 0 Å². The van der Waals surface area contributed by atoms with Gasteiger partial charge in [0.2, 0.25) is 0 Å². The molecule has 5 nitrogen and oxygen atoms in total. The second-order valence-corrected chi connectivity index (χ2v) is 7.00. The van der Waals surface area contributed by atoms with Gasteiger partial charge >= 0.3 is 0 Å². The van der Waals surface area contributed by atoms with Gasteiger partial charge in [0.05, 0.1) is 18.0 Å². The molecule has 0 amide bonds. The molecular formula is C21H22N4OS. The third-order valence-corrected chi connectivity index (χ3v) is 4.80. The molecule has 0 saturated carbocycles. The quantitative estimate of drug-likeness (QED) is 0.571. The first kappa shape index (κ1) is 17.7. The number of aromatic nitrogens is 1. The molecule has 1 atom stereocenters. The summed E-state index contributed by atoms with van der Waals surface area (Å²) in [6.45, 7) is 1.59. The van der Waals surface area contributed by atoms with Crippen molar-refractivity contribution in [2.45, 2.75) is 18.9 Å². The molecule has 3 aromatic rings. The molecule has 4 rings (SSSR count). The maximum atomic E-state index is 5.58. The highest BCUT2D eigenvalue weighted by Gasteiger charge is 2.15. The molecular weight excluding hydrogens is 356 g/mol. The van der Waals surface area contributed by atoms with Crippen molar-refractivity contribution in [1.82, 2.24) is 10.3 Å². The van der Waals surface area contributed by atoms with Crippen molar-refractivity contribution in [3.8, 4) is 0 Å². The van der Waals surface area contributed by atoms with Gasteiger partial charge < -0.3 is 20.7 Å². The second-order valence-electron chi connectivity index (χ2n) is 6.59. The maximum Gasteiger partial charge on any atom is 0.170 e. The molecule has 1 aliphatic rings. The summed E-state index contributed by atoms with van der Waals surface area (Å²) in [5.41, 5.74) is 1.86. The normalized spacial score (nSPS) is 16.2. The molecule has 6 heteroatoms. The van der Waals surface area contributed by atoms with E-state index < -0.39 is 0 Å². The van der Waals surface area contributed by atoms with E-state index in [0.29, 0.717) is 5.11 Å². The van der Waals surface area contributed by atoms with Gasteiger partial charge in [-0.15, -0.1) is 0 Å². The third-order valence-electron chi connectivity index (χ3n) is 4.56. The SMILES string of the molecule is S=C(NCC1CCCO1)Nc1ccc(Nc2ccc3ccccc3c2)nc1. The first-order chi connectivity index (χ1) is 13.3. The van der Waals surface area contributed by atoms with E-state index in [1.165, 1.54) is 10.8 Å². The topological polar surface area (TPSA) is 58.2 Å². The highest BCUT2D eigenvalue weighted by atomic mass is 32.1. The third kappa shape index (κ3) is 4.72. The van der Waals surface area contributed by atoms with Crippen molar-refractivity contribution in [2.24, 2.45) is 0 Å². The van der Waals surface area contributed by atoms with E-state index in [1.807, 2.05) is 24.3 Å². The lowest BCUT2D eigenvalue weighted by atomic mass is 10.1. The summed E-state index contributed by atoms with van der Waals surface area (Å²) in [7, 11) is 0. The molecule has 0 bridgehead atoms. The van der Waals surface area contributed by atoms with Crippen LogP contribution in [-0.4, -0.2) is 29.4 Å². The monoisotopic (exact) mass is 378 g/mol. The Morgan fingerprint density at radius 3 is 2.70 bits per heavy atom. The Kier molecular flexibility index (Phi) is 5.46. The molecule has 3 N–H and O–H groups in total. The molecule has 2 heterocycles. The summed E-state index contributed by atoms with van der Waals surface area (Å²) in [5.74, 6) is 0.786. The van der Waals surface area contributed by atoms with Crippen molar-refractivity contribution in [1.29, 1.82) is 0 Å². The lowest BCUT2D eigenvalue weighted by Gasteiger charge is -2.14. The minimum absolute atomic E-state index is 0.261. The standard InChI is InChI=1S/C21H22N4OS/c27-21(23-14-19-6-3-11-26-19)25-18-9-10-20(22-13-18)24-17-8-7-15-4-1-2-5-16(15)12-17/h1-2,4-5,7-10,12-13,19H,3,6,11,14H2,(H,22,24)(H2,23,25,27). The lowest BCUT2D eigenvalue weighted by Crippen LogP contribution is -2.34. The first-order valence-electron chi connectivity index (χ1n) is 9.15. The van der Waals surface area contributed by atoms with Crippen LogP contribution in [0.5, 0.6) is 0 Å². The van der Waals surface area contributed by atoms with Gasteiger partial charge in [-0.05, 0) is 60.1 Å². The Labute approximate surface area is 164 Å². The summed E-state index contributed by atoms with van der Waals surface area (Å²) in [4.78, 5) is 4.46. The molecule has 2 aromatic carbocycles. The summed E-state index contributed by atoms with van der Waals surface area (Å²) >= 11 is 5.33. The number of hydrogen-bond donors (Lipinski definition) is 3. The van der Waals surface area contributed by atoms with E-state index in [0.717, 1.165) is 43.2 Å². The first-order valence-corrected chi connectivity index (χ1v) is 9.55. The summed E-state index contributed by atoms with van der Waals surface area (Å²) < 4.78 is 5.58. The maximum absolute atomic E-state index is 5.58. The number of ether oxygens (including phenoxy) is 1. The largest absolute Gasteiger partial charge is 0.376 e. The molecule has 0 aliphatic carbocycles. The van der Waals surface area contributed by atoms with Crippen LogP contribution in [0.2, 0.25) is 0 Å². The van der Waals surface area contributed by atoms with Crippen molar-refractivity contribution in [2.75, 3.05) is 23.8 Å². The average molecular weight is 379 g/mol. The molecule has 1 aliphatic heterocycles. The molecule has 1 saturated heterocycles. The minimum atomic E-state index is 0.261. The Hall–Kier alpha value is -2.70. The van der Waals surface area contributed by atoms with Crippen LogP contribution in [-0.2, 0) is 4.74 Å². The Morgan fingerprint density at radius 2 is 1.93 bits per heavy atom. The smallest absolute Gasteiger partial charge is 0.170 e. The fourth-order valence-electron chi connectivity index (χ4n) is 3.14. The van der Waals surface area contributed by atoms with Gasteiger partial charge in [-0.1, -0.05) is 30.3 Å². The van der Waals surface area contributed by atoms with Crippen LogP contribution < -0.4 is 16.0 Å². The average Bonchev–Trinajstić information content (AvgIpc) is 3.22. The summed E-state index contributed by atoms with van der Waals surface area (Å²) in [6.07, 6.45) is 4.24. The zero-order valence-electron chi connectivity index (χ0n) is 14.9. The van der Waals surface area contributed by atoms with Gasteiger partial charge in [0.25, 0.3) is 0 Å². The van der Waals surface area contributed by atoms with Gasteiger partial charge in [0, 0.05) is 18.8 Å². The van der Waals surface area contributed by atoms with E-state index in [2.05, 4.69) is 51.3 Å². The zero-order chi connectivity index (χ0) is 18.5. The van der Waals surface area contributed by atoms with Crippen molar-refractivity contribution in [3.63, 3.8) is 0 Å². The Balaban J connectivity index is 1.33. The molecule has 1 aromatic heterocycles. The van der Waals surface area contributed by atoms with Gasteiger partial charge in [-0.2, -0.15) is 0 Å². The van der Waals surface area contributed by atoms with Crippen LogP contribution in [0.25, 0.3) is 10.8 Å². The van der Waals surface area contributed by atoms with Crippen molar-refractivity contribution < 1.29 is 4.74 Å². The van der Waals surface area contributed by atoms with Crippen LogP contribution in [0.4, 0.5) is 17.2 Å². The number of hydrogen-bond acceptors (Lipinski definition) is 4. The van der Waals surface area contributed by atoms with E-state index in [9.17, 15) is 0 Å². The van der Waals surface area contributed by atoms with E-state index in [-0.39, 0.29) is 6.10 Å². The number of anilines is 3. The molecule has 0 spiro atoms. The van der Waals surface area contributed by atoms with E-state index in [1.54, 1.807) is 6.20 Å². The lowest BCUT2D eigenvalue weighted by molar-refractivity contribution is 0.114. The fraction of sp³-hybridized carbons (Fsp3) is 0.238. The van der Waals surface area contributed by atoms with Gasteiger partial charge in [-0.25, -0.2) is 4.98 Å². The number of thiocarbonyl (C=S) groups is 1. The predicted octanol–water partition coefficient (Wildman–Crippen LogP) is 4.44. The minimum Gasteiger partial charge on any atom is -0.376 e. The van der Waals surface area contributed by atoms with Gasteiger partial charge in [0.1, 0.15) is 5.82 Å². The predicted molar refractivity (Wildman–Crippen MR) is 115 cm³/mol. The number of nitrogens with one attached hydrogen (secondary N) is 3. The molecule has 138 valence electrons. The number of rotatable bonds is 5. The summed E-state index contributed by atoms with van der Waals surface area (Å²) in [6, 6.07) is 18.5. The molecule has 1 fully saturated rings. The number of nitrogens with zero attached hydrogens (tertiary/aromatic N) is 1. The molecule has 27 heavy (non-hydrogen) atoms. The highest BCUT2D eigenvalue weighted by Crippen LogP contribution is 2.22. The van der Waals surface area contributed by atoms with Crippen LogP contribution in [0, 0.1) is 0 Å². The van der Waals surface area contributed by atoms with E-state index in [4.69, 9.17) is 17.0 Å². The highest BCUT2D eigenvalue weighted by molar-refractivity contribution is 7.80. The Bertz CT molecular complexity index is 923. The number of pyridine rings is 1. The number of fused-ring (bicyclic) bond motifs is 1. The summed E-state index contributed by atoms with van der Waals surface area (Å²) in [5, 5.41) is 12.7. The van der Waals surface area contributed by atoms with Crippen LogP contribution in [0.3, 0.4) is 0 Å². The van der Waals surface area contributed by atoms with Gasteiger partial charge in [0.15, 0.2) is 5.11 Å². The Morgan fingerprint density at radius 1 is 1.07 bits per heavy atom.